The van der Waals surface area contributed by atoms with Crippen LogP contribution in [0.5, 0.6) is 0 Å². The minimum Gasteiger partial charge on any atom is -0.389 e. The highest BCUT2D eigenvalue weighted by molar-refractivity contribution is 5.76. The smallest absolute Gasteiger partial charge is 0.227 e. The second kappa shape index (κ2) is 6.91. The number of aliphatic hydroxyl groups is 1. The van der Waals surface area contributed by atoms with Gasteiger partial charge in [0.05, 0.1) is 24.5 Å². The molecule has 0 aliphatic heterocycles. The molecule has 124 valence electrons. The number of hydrogen-bond acceptors (Lipinski definition) is 6. The van der Waals surface area contributed by atoms with Crippen molar-refractivity contribution < 1.29 is 14.4 Å². The number of carbonyl (C=O) groups excluding carboxylic acids is 1. The summed E-state index contributed by atoms with van der Waals surface area (Å²) in [6.07, 6.45) is 7.55. The van der Waals surface area contributed by atoms with E-state index in [0.29, 0.717) is 24.6 Å². The Labute approximate surface area is 133 Å². The second-order valence-electron chi connectivity index (χ2n) is 5.78. The zero-order valence-electron chi connectivity index (χ0n) is 13.1. The van der Waals surface area contributed by atoms with Crippen LogP contribution in [-0.4, -0.2) is 42.9 Å². The van der Waals surface area contributed by atoms with E-state index < -0.39 is 6.10 Å². The van der Waals surface area contributed by atoms with Crippen molar-refractivity contribution in [2.75, 3.05) is 0 Å². The molecular weight excluding hydrogens is 298 g/mol. The predicted octanol–water partition coefficient (Wildman–Crippen LogP) is 0.642. The summed E-state index contributed by atoms with van der Waals surface area (Å²) in [7, 11) is 0. The van der Waals surface area contributed by atoms with Gasteiger partial charge >= 0.3 is 0 Å². The summed E-state index contributed by atoms with van der Waals surface area (Å²) in [6, 6.07) is -0.269. The summed E-state index contributed by atoms with van der Waals surface area (Å²) in [5.74, 6) is 1.01. The van der Waals surface area contributed by atoms with E-state index in [1.807, 2.05) is 17.7 Å². The van der Waals surface area contributed by atoms with Gasteiger partial charge in [-0.05, 0) is 12.8 Å². The van der Waals surface area contributed by atoms with E-state index in [1.54, 1.807) is 12.5 Å². The van der Waals surface area contributed by atoms with Crippen LogP contribution >= 0.6 is 0 Å². The molecule has 0 unspecified atom stereocenters. The molecule has 2 N–H and O–H groups in total. The van der Waals surface area contributed by atoms with E-state index in [9.17, 15) is 9.90 Å². The largest absolute Gasteiger partial charge is 0.389 e. The van der Waals surface area contributed by atoms with Crippen LogP contribution in [-0.2, 0) is 17.6 Å². The second-order valence-corrected chi connectivity index (χ2v) is 5.78. The van der Waals surface area contributed by atoms with Crippen LogP contribution in [0.4, 0.5) is 0 Å². The number of rotatable bonds is 6. The number of aliphatic hydroxyl groups excluding tert-OH is 1. The predicted molar refractivity (Wildman–Crippen MR) is 80.4 cm³/mol. The third-order valence-corrected chi connectivity index (χ3v) is 4.23. The maximum absolute atomic E-state index is 12.1. The molecule has 8 nitrogen and oxygen atoms in total. The van der Waals surface area contributed by atoms with Crippen molar-refractivity contribution in [3.8, 4) is 0 Å². The van der Waals surface area contributed by atoms with E-state index in [1.165, 1.54) is 0 Å². The fourth-order valence-corrected chi connectivity index (χ4v) is 2.94. The molecule has 8 heteroatoms. The summed E-state index contributed by atoms with van der Waals surface area (Å²) in [4.78, 5) is 20.2. The standard InChI is InChI=1S/C15H21N5O3/c1-2-12-18-14(23-19-12)6-5-13(21)17-10-3-4-11(15(10)22)20-8-7-16-9-20/h7-11,15,22H,2-6H2,1H3,(H,17,21)/t10-,11-,15-/m1/s1. The lowest BCUT2D eigenvalue weighted by molar-refractivity contribution is -0.122. The van der Waals surface area contributed by atoms with Crippen molar-refractivity contribution in [2.24, 2.45) is 0 Å². The molecule has 0 bridgehead atoms. The molecule has 2 heterocycles. The number of aromatic nitrogens is 4. The monoisotopic (exact) mass is 319 g/mol. The first kappa shape index (κ1) is 15.7. The molecule has 1 aliphatic carbocycles. The zero-order chi connectivity index (χ0) is 16.2. The molecule has 1 saturated carbocycles. The Morgan fingerprint density at radius 3 is 3.09 bits per heavy atom. The molecule has 0 radical (unpaired) electrons. The minimum atomic E-state index is -0.608. The molecule has 3 rings (SSSR count). The van der Waals surface area contributed by atoms with E-state index in [4.69, 9.17) is 4.52 Å². The number of imidazole rings is 1. The van der Waals surface area contributed by atoms with Crippen LogP contribution in [0.15, 0.2) is 23.2 Å². The normalized spacial score (nSPS) is 24.0. The lowest BCUT2D eigenvalue weighted by Gasteiger charge is -2.21. The topological polar surface area (TPSA) is 106 Å². The number of nitrogens with one attached hydrogen (secondary N) is 1. The third kappa shape index (κ3) is 3.58. The first-order valence-electron chi connectivity index (χ1n) is 7.93. The van der Waals surface area contributed by atoms with E-state index in [0.717, 1.165) is 12.8 Å². The quantitative estimate of drug-likeness (QED) is 0.809. The van der Waals surface area contributed by atoms with E-state index in [2.05, 4.69) is 20.4 Å². The molecule has 0 aromatic carbocycles. The van der Waals surface area contributed by atoms with Gasteiger partial charge in [0.1, 0.15) is 0 Å². The highest BCUT2D eigenvalue weighted by Crippen LogP contribution is 2.30. The van der Waals surface area contributed by atoms with Gasteiger partial charge in [0.15, 0.2) is 5.82 Å². The highest BCUT2D eigenvalue weighted by Gasteiger charge is 2.36. The van der Waals surface area contributed by atoms with Crippen molar-refractivity contribution in [2.45, 2.75) is 57.2 Å². The molecule has 2 aromatic rings. The number of nitrogens with zero attached hydrogens (tertiary/aromatic N) is 4. The van der Waals surface area contributed by atoms with Crippen molar-refractivity contribution >= 4 is 5.91 Å². The summed E-state index contributed by atoms with van der Waals surface area (Å²) in [5, 5.41) is 17.1. The van der Waals surface area contributed by atoms with Crippen LogP contribution in [0.2, 0.25) is 0 Å². The van der Waals surface area contributed by atoms with Crippen LogP contribution in [0.25, 0.3) is 0 Å². The summed E-state index contributed by atoms with van der Waals surface area (Å²) < 4.78 is 6.95. The minimum absolute atomic E-state index is 0.0362. The molecule has 0 saturated heterocycles. The molecule has 3 atom stereocenters. The van der Waals surface area contributed by atoms with Gasteiger partial charge in [-0.3, -0.25) is 4.79 Å². The van der Waals surface area contributed by atoms with Gasteiger partial charge in [-0.1, -0.05) is 12.1 Å². The fourth-order valence-electron chi connectivity index (χ4n) is 2.94. The van der Waals surface area contributed by atoms with Gasteiger partial charge in [0, 0.05) is 31.7 Å². The van der Waals surface area contributed by atoms with Crippen molar-refractivity contribution in [1.29, 1.82) is 0 Å². The Morgan fingerprint density at radius 2 is 2.39 bits per heavy atom. The molecule has 23 heavy (non-hydrogen) atoms. The van der Waals surface area contributed by atoms with E-state index >= 15 is 0 Å². The van der Waals surface area contributed by atoms with Crippen LogP contribution in [0.1, 0.15) is 43.9 Å². The number of aryl methyl sites for hydroxylation is 2. The van der Waals surface area contributed by atoms with Gasteiger partial charge in [-0.2, -0.15) is 4.98 Å². The van der Waals surface area contributed by atoms with Crippen LogP contribution < -0.4 is 5.32 Å². The Morgan fingerprint density at radius 1 is 1.52 bits per heavy atom. The highest BCUT2D eigenvalue weighted by atomic mass is 16.5. The Bertz CT molecular complexity index is 639. The fraction of sp³-hybridized carbons (Fsp3) is 0.600. The SMILES string of the molecule is CCc1noc(CCC(=O)N[C@@H]2CC[C@@H](n3ccnc3)[C@@H]2O)n1. The van der Waals surface area contributed by atoms with Gasteiger partial charge in [-0.25, -0.2) is 4.98 Å². The van der Waals surface area contributed by atoms with Crippen LogP contribution in [0, 0.1) is 0 Å². The average molecular weight is 319 g/mol. The Hall–Kier alpha value is -2.22. The van der Waals surface area contributed by atoms with E-state index in [-0.39, 0.29) is 24.4 Å². The average Bonchev–Trinajstić information content (AvgIpc) is 3.27. The van der Waals surface area contributed by atoms with Gasteiger partial charge in [0.2, 0.25) is 11.8 Å². The van der Waals surface area contributed by atoms with Gasteiger partial charge < -0.3 is 19.5 Å². The van der Waals surface area contributed by atoms with Crippen molar-refractivity contribution in [3.05, 3.63) is 30.4 Å². The molecule has 1 fully saturated rings. The third-order valence-electron chi connectivity index (χ3n) is 4.23. The molecule has 1 aliphatic rings. The molecule has 1 amide bonds. The first-order valence-corrected chi connectivity index (χ1v) is 7.93. The Balaban J connectivity index is 1.48. The maximum atomic E-state index is 12.1. The number of amides is 1. The van der Waals surface area contributed by atoms with Gasteiger partial charge in [0.25, 0.3) is 0 Å². The molecular formula is C15H21N5O3. The first-order chi connectivity index (χ1) is 11.2. The number of hydrogen-bond donors (Lipinski definition) is 2. The molecule has 2 aromatic heterocycles. The van der Waals surface area contributed by atoms with Crippen LogP contribution in [0.3, 0.4) is 0 Å². The Kier molecular flexibility index (Phi) is 4.71. The summed E-state index contributed by atoms with van der Waals surface area (Å²) in [6.45, 7) is 1.94. The lowest BCUT2D eigenvalue weighted by atomic mass is 10.1. The van der Waals surface area contributed by atoms with Gasteiger partial charge in [-0.15, -0.1) is 0 Å². The summed E-state index contributed by atoms with van der Waals surface area (Å²) >= 11 is 0. The summed E-state index contributed by atoms with van der Waals surface area (Å²) in [5.41, 5.74) is 0. The maximum Gasteiger partial charge on any atom is 0.227 e. The van der Waals surface area contributed by atoms with Crippen molar-refractivity contribution in [3.63, 3.8) is 0 Å². The van der Waals surface area contributed by atoms with Crippen molar-refractivity contribution in [1.82, 2.24) is 25.0 Å². The molecule has 0 spiro atoms. The zero-order valence-corrected chi connectivity index (χ0v) is 13.1. The lowest BCUT2D eigenvalue weighted by Crippen LogP contribution is -2.42. The number of carbonyl (C=O) groups is 1.